The number of hydrogen-bond donors (Lipinski definition) is 0. The maximum absolute atomic E-state index is 14.0. The van der Waals surface area contributed by atoms with Crippen molar-refractivity contribution in [1.82, 2.24) is 9.55 Å². The van der Waals surface area contributed by atoms with E-state index in [-0.39, 0.29) is 21.8 Å². The van der Waals surface area contributed by atoms with Gasteiger partial charge in [0.05, 0.1) is 16.0 Å². The zero-order valence-corrected chi connectivity index (χ0v) is 25.1. The summed E-state index contributed by atoms with van der Waals surface area (Å²) >= 11 is 14.1. The first-order valence-corrected chi connectivity index (χ1v) is 18.1. The van der Waals surface area contributed by atoms with Crippen molar-refractivity contribution in [3.05, 3.63) is 78.7 Å². The third kappa shape index (κ3) is 7.04. The highest BCUT2D eigenvalue weighted by molar-refractivity contribution is 14.1. The van der Waals surface area contributed by atoms with Crippen LogP contribution in [0.5, 0.6) is 0 Å². The Morgan fingerprint density at radius 3 is 2.00 bits per heavy atom. The van der Waals surface area contributed by atoms with E-state index in [0.29, 0.717) is 27.3 Å². The number of hydrogen-bond acceptors (Lipinski definition) is 4. The molecule has 1 heterocycles. The summed E-state index contributed by atoms with van der Waals surface area (Å²) in [5, 5.41) is -0.320. The van der Waals surface area contributed by atoms with Gasteiger partial charge in [-0.25, -0.2) is 22.2 Å². The molecule has 0 aliphatic rings. The molecule has 2 aromatic carbocycles. The molecule has 0 amide bonds. The molecule has 5 nitrogen and oxygen atoms in total. The first kappa shape index (κ1) is 28.5. The summed E-state index contributed by atoms with van der Waals surface area (Å²) in [6, 6.07) is 9.30. The summed E-state index contributed by atoms with van der Waals surface area (Å²) < 4.78 is 60.9. The standard InChI is InChI=1S/C23H25Cl2F2IN2O3SSi/c1-34(31,32)23-21(28)30(13-33-9-10-35(2,3)4)22(29-23)20(14-5-7-18(26)16(24)11-14)15-6-8-19(27)17(25)12-15/h5-8,11-12,20H,9-10,13H2,1-4H3. The van der Waals surface area contributed by atoms with E-state index >= 15 is 0 Å². The Morgan fingerprint density at radius 1 is 1.06 bits per heavy atom. The van der Waals surface area contributed by atoms with Gasteiger partial charge in [0.2, 0.25) is 0 Å². The Morgan fingerprint density at radius 2 is 1.57 bits per heavy atom. The highest BCUT2D eigenvalue weighted by Crippen LogP contribution is 2.37. The molecule has 0 aliphatic heterocycles. The SMILES string of the molecule is C[Si](C)(C)CCOCn1c(C(c2ccc(F)c(Cl)c2)c2ccc(F)c(Cl)c2)nc(S(C)(=O)=O)c1I. The summed E-state index contributed by atoms with van der Waals surface area (Å²) in [6.07, 6.45) is 1.08. The van der Waals surface area contributed by atoms with E-state index < -0.39 is 35.5 Å². The highest BCUT2D eigenvalue weighted by Gasteiger charge is 2.30. The molecule has 0 radical (unpaired) electrons. The number of aromatic nitrogens is 2. The van der Waals surface area contributed by atoms with E-state index in [0.717, 1.165) is 12.3 Å². The highest BCUT2D eigenvalue weighted by atomic mass is 127. The lowest BCUT2D eigenvalue weighted by Gasteiger charge is -2.21. The molecule has 12 heteroatoms. The maximum atomic E-state index is 14.0. The first-order valence-electron chi connectivity index (χ1n) is 10.6. The molecule has 0 N–H and O–H groups in total. The molecule has 3 rings (SSSR count). The molecule has 0 aliphatic carbocycles. The predicted molar refractivity (Wildman–Crippen MR) is 146 cm³/mol. The smallest absolute Gasteiger partial charge is 0.195 e. The average molecular weight is 673 g/mol. The first-order chi connectivity index (χ1) is 16.2. The Hall–Kier alpha value is -1.05. The van der Waals surface area contributed by atoms with Crippen LogP contribution in [-0.2, 0) is 21.3 Å². The Kier molecular flexibility index (Phi) is 9.07. The molecule has 0 unspecified atom stereocenters. The van der Waals surface area contributed by atoms with Gasteiger partial charge in [0.15, 0.2) is 14.9 Å². The third-order valence-corrected chi connectivity index (χ3v) is 10.0. The van der Waals surface area contributed by atoms with Crippen LogP contribution in [-0.4, -0.2) is 38.9 Å². The number of nitrogens with zero attached hydrogens (tertiary/aromatic N) is 2. The molecule has 0 saturated carbocycles. The van der Waals surface area contributed by atoms with Gasteiger partial charge in [-0.15, -0.1) is 0 Å². The Bertz CT molecular complexity index is 1300. The normalized spacial score (nSPS) is 12.5. The molecule has 0 bridgehead atoms. The molecule has 3 aromatic rings. The molecule has 0 fully saturated rings. The van der Waals surface area contributed by atoms with Gasteiger partial charge >= 0.3 is 0 Å². The van der Waals surface area contributed by atoms with Crippen LogP contribution in [0.15, 0.2) is 41.4 Å². The third-order valence-electron chi connectivity index (χ3n) is 5.29. The summed E-state index contributed by atoms with van der Waals surface area (Å²) in [7, 11) is -5.02. The fraction of sp³-hybridized carbons (Fsp3) is 0.348. The van der Waals surface area contributed by atoms with E-state index in [4.69, 9.17) is 27.9 Å². The van der Waals surface area contributed by atoms with E-state index in [1.54, 1.807) is 4.57 Å². The summed E-state index contributed by atoms with van der Waals surface area (Å²) in [6.45, 7) is 7.26. The zero-order chi connectivity index (χ0) is 26.1. The quantitative estimate of drug-likeness (QED) is 0.140. The molecule has 0 saturated heterocycles. The van der Waals surface area contributed by atoms with Crippen LogP contribution < -0.4 is 0 Å². The van der Waals surface area contributed by atoms with E-state index in [1.165, 1.54) is 36.4 Å². The van der Waals surface area contributed by atoms with Crippen LogP contribution in [0.4, 0.5) is 8.78 Å². The van der Waals surface area contributed by atoms with Crippen LogP contribution in [0.25, 0.3) is 0 Å². The topological polar surface area (TPSA) is 61.2 Å². The fourth-order valence-electron chi connectivity index (χ4n) is 3.41. The number of ether oxygens (including phenoxy) is 1. The minimum absolute atomic E-state index is 0.0565. The second-order valence-corrected chi connectivity index (χ2v) is 18.8. The van der Waals surface area contributed by atoms with Gasteiger partial charge < -0.3 is 4.74 Å². The van der Waals surface area contributed by atoms with Gasteiger partial charge in [0, 0.05) is 20.9 Å². The minimum Gasteiger partial charge on any atom is -0.361 e. The van der Waals surface area contributed by atoms with E-state index in [2.05, 4.69) is 24.6 Å². The van der Waals surface area contributed by atoms with E-state index in [1.807, 2.05) is 22.6 Å². The number of imidazole rings is 1. The fourth-order valence-corrected chi connectivity index (χ4v) is 6.93. The van der Waals surface area contributed by atoms with Crippen LogP contribution in [0.1, 0.15) is 22.9 Å². The van der Waals surface area contributed by atoms with E-state index in [9.17, 15) is 17.2 Å². The molecule has 190 valence electrons. The zero-order valence-electron chi connectivity index (χ0n) is 19.6. The largest absolute Gasteiger partial charge is 0.361 e. The van der Waals surface area contributed by atoms with Crippen LogP contribution in [0, 0.1) is 15.3 Å². The van der Waals surface area contributed by atoms with Crippen molar-refractivity contribution in [3.8, 4) is 0 Å². The molecular formula is C23H25Cl2F2IN2O3SSi. The van der Waals surface area contributed by atoms with Gasteiger partial charge in [0.1, 0.15) is 27.9 Å². The van der Waals surface area contributed by atoms with Gasteiger partial charge in [-0.05, 0) is 64.0 Å². The van der Waals surface area contributed by atoms with Gasteiger partial charge in [-0.3, -0.25) is 4.57 Å². The summed E-state index contributed by atoms with van der Waals surface area (Å²) in [5.41, 5.74) is 1.06. The lowest BCUT2D eigenvalue weighted by molar-refractivity contribution is 0.0831. The molecule has 35 heavy (non-hydrogen) atoms. The second-order valence-electron chi connectivity index (χ2n) is 9.39. The molecule has 0 spiro atoms. The summed E-state index contributed by atoms with van der Waals surface area (Å²) in [4.78, 5) is 4.49. The number of rotatable bonds is 9. The van der Waals surface area contributed by atoms with Gasteiger partial charge in [-0.2, -0.15) is 0 Å². The second kappa shape index (κ2) is 11.1. The van der Waals surface area contributed by atoms with Gasteiger partial charge in [-0.1, -0.05) is 55.0 Å². The molecule has 1 aromatic heterocycles. The lowest BCUT2D eigenvalue weighted by atomic mass is 9.90. The monoisotopic (exact) mass is 672 g/mol. The average Bonchev–Trinajstić information content (AvgIpc) is 3.06. The summed E-state index contributed by atoms with van der Waals surface area (Å²) in [5.74, 6) is -1.60. The number of halogens is 5. The van der Waals surface area contributed by atoms with Crippen LogP contribution in [0.2, 0.25) is 35.7 Å². The predicted octanol–water partition coefficient (Wildman–Crippen LogP) is 6.97. The lowest BCUT2D eigenvalue weighted by Crippen LogP contribution is -2.22. The number of benzene rings is 2. The van der Waals surface area contributed by atoms with Crippen molar-refractivity contribution >= 4 is 63.7 Å². The molecular weight excluding hydrogens is 648 g/mol. The van der Waals surface area contributed by atoms with Crippen molar-refractivity contribution in [2.24, 2.45) is 0 Å². The van der Waals surface area contributed by atoms with Gasteiger partial charge in [0.25, 0.3) is 0 Å². The number of sulfone groups is 1. The molecule has 0 atom stereocenters. The van der Waals surface area contributed by atoms with Crippen molar-refractivity contribution in [2.45, 2.75) is 43.4 Å². The van der Waals surface area contributed by atoms with Crippen molar-refractivity contribution in [2.75, 3.05) is 12.9 Å². The Balaban J connectivity index is 2.20. The maximum Gasteiger partial charge on any atom is 0.195 e. The van der Waals surface area contributed by atoms with Crippen LogP contribution >= 0.6 is 45.8 Å². The van der Waals surface area contributed by atoms with Crippen LogP contribution in [0.3, 0.4) is 0 Å². The Labute approximate surface area is 228 Å². The minimum atomic E-state index is -3.68. The van der Waals surface area contributed by atoms with Crippen molar-refractivity contribution in [1.29, 1.82) is 0 Å². The van der Waals surface area contributed by atoms with Crippen molar-refractivity contribution < 1.29 is 21.9 Å². The van der Waals surface area contributed by atoms with Crippen molar-refractivity contribution in [3.63, 3.8) is 0 Å².